The molecule has 1 N–H and O–H groups in total. The van der Waals surface area contributed by atoms with E-state index in [2.05, 4.69) is 4.98 Å². The average molecular weight is 344 g/mol. The number of thioether (sulfide) groups is 1. The van der Waals surface area contributed by atoms with Crippen LogP contribution in [0.15, 0.2) is 60.0 Å². The molecule has 0 bridgehead atoms. The molecule has 0 aliphatic carbocycles. The molecule has 1 aliphatic heterocycles. The zero-order valence-electron chi connectivity index (χ0n) is 12.6. The van der Waals surface area contributed by atoms with Crippen LogP contribution in [-0.4, -0.2) is 19.9 Å². The van der Waals surface area contributed by atoms with Crippen molar-refractivity contribution in [1.82, 2.24) is 9.55 Å². The molecule has 0 fully saturated rings. The van der Waals surface area contributed by atoms with Crippen molar-refractivity contribution in [1.29, 1.82) is 0 Å². The van der Waals surface area contributed by atoms with E-state index in [-0.39, 0.29) is 10.8 Å². The predicted octanol–water partition coefficient (Wildman–Crippen LogP) is 4.04. The van der Waals surface area contributed by atoms with Gasteiger partial charge in [0.1, 0.15) is 11.6 Å². The van der Waals surface area contributed by atoms with Gasteiger partial charge in [-0.3, -0.25) is 0 Å². The minimum Gasteiger partial charge on any atom is -0.387 e. The van der Waals surface area contributed by atoms with E-state index in [9.17, 15) is 13.9 Å². The molecule has 2 heterocycles. The van der Waals surface area contributed by atoms with Crippen LogP contribution in [0, 0.1) is 11.6 Å². The molecule has 4 rings (SSSR count). The summed E-state index contributed by atoms with van der Waals surface area (Å²) in [7, 11) is 0. The molecule has 3 nitrogen and oxygen atoms in total. The Bertz CT molecular complexity index is 862. The number of aliphatic hydroxyl groups excluding tert-OH is 1. The molecule has 0 saturated carbocycles. The van der Waals surface area contributed by atoms with Gasteiger partial charge in [-0.2, -0.15) is 0 Å². The normalized spacial score (nSPS) is 19.5. The summed E-state index contributed by atoms with van der Waals surface area (Å²) in [6, 6.07) is 9.00. The largest absolute Gasteiger partial charge is 0.387 e. The Balaban J connectivity index is 1.66. The zero-order chi connectivity index (χ0) is 16.7. The predicted molar refractivity (Wildman–Crippen MR) is 88.6 cm³/mol. The molecule has 0 saturated heterocycles. The van der Waals surface area contributed by atoms with Gasteiger partial charge in [-0.1, -0.05) is 18.2 Å². The third-order valence-corrected chi connectivity index (χ3v) is 5.48. The monoisotopic (exact) mass is 344 g/mol. The van der Waals surface area contributed by atoms with E-state index >= 15 is 0 Å². The molecule has 0 radical (unpaired) electrons. The molecule has 6 heteroatoms. The van der Waals surface area contributed by atoms with Crippen LogP contribution in [0.1, 0.15) is 11.7 Å². The lowest BCUT2D eigenvalue weighted by molar-refractivity contribution is 0.170. The number of halogens is 2. The van der Waals surface area contributed by atoms with Crippen LogP contribution in [0.2, 0.25) is 0 Å². The fourth-order valence-corrected chi connectivity index (χ4v) is 4.35. The van der Waals surface area contributed by atoms with E-state index in [0.29, 0.717) is 12.1 Å². The van der Waals surface area contributed by atoms with Gasteiger partial charge in [-0.05, 0) is 29.3 Å². The highest BCUT2D eigenvalue weighted by Gasteiger charge is 2.32. The maximum absolute atomic E-state index is 14.0. The van der Waals surface area contributed by atoms with Gasteiger partial charge < -0.3 is 9.67 Å². The maximum Gasteiger partial charge on any atom is 0.133 e. The highest BCUT2D eigenvalue weighted by atomic mass is 32.2. The van der Waals surface area contributed by atoms with E-state index in [1.807, 2.05) is 10.8 Å². The second-order valence-electron chi connectivity index (χ2n) is 5.71. The first-order chi connectivity index (χ1) is 11.6. The molecule has 1 aliphatic rings. The fraction of sp³-hybridized carbons (Fsp3) is 0.167. The van der Waals surface area contributed by atoms with E-state index in [1.165, 1.54) is 30.0 Å². The lowest BCUT2D eigenvalue weighted by atomic mass is 10.00. The molecule has 0 spiro atoms. The molecular formula is C18H14F2N2OS. The molecule has 3 aromatic rings. The quantitative estimate of drug-likeness (QED) is 0.779. The summed E-state index contributed by atoms with van der Waals surface area (Å²) in [5.41, 5.74) is 1.24. The number of hydrogen-bond donors (Lipinski definition) is 1. The third-order valence-electron chi connectivity index (χ3n) is 4.16. The number of fused-ring (bicyclic) bond motifs is 1. The molecule has 0 amide bonds. The van der Waals surface area contributed by atoms with E-state index in [1.54, 1.807) is 30.7 Å². The Hall–Kier alpha value is -2.18. The topological polar surface area (TPSA) is 38.0 Å². The number of aromatic nitrogens is 2. The van der Waals surface area contributed by atoms with Crippen molar-refractivity contribution in [2.45, 2.75) is 22.8 Å². The van der Waals surface area contributed by atoms with Crippen molar-refractivity contribution in [2.75, 3.05) is 0 Å². The molecular weight excluding hydrogens is 330 g/mol. The first-order valence-corrected chi connectivity index (χ1v) is 8.40. The van der Waals surface area contributed by atoms with Crippen LogP contribution in [0.4, 0.5) is 8.78 Å². The second kappa shape index (κ2) is 6.03. The highest BCUT2D eigenvalue weighted by molar-refractivity contribution is 8.00. The molecule has 2 atom stereocenters. The summed E-state index contributed by atoms with van der Waals surface area (Å²) in [6.45, 7) is 0.615. The second-order valence-corrected chi connectivity index (χ2v) is 6.99. The third kappa shape index (κ3) is 2.61. The molecule has 24 heavy (non-hydrogen) atoms. The van der Waals surface area contributed by atoms with Gasteiger partial charge in [0.25, 0.3) is 0 Å². The summed E-state index contributed by atoms with van der Waals surface area (Å²) >= 11 is 1.52. The van der Waals surface area contributed by atoms with E-state index in [4.69, 9.17) is 0 Å². The Morgan fingerprint density at radius 3 is 2.67 bits per heavy atom. The molecule has 1 aromatic heterocycles. The van der Waals surface area contributed by atoms with E-state index < -0.39 is 17.7 Å². The number of nitrogens with zero attached hydrogens (tertiary/aromatic N) is 2. The van der Waals surface area contributed by atoms with Crippen LogP contribution in [0.3, 0.4) is 0 Å². The molecule has 0 unspecified atom stereocenters. The number of imidazole rings is 1. The van der Waals surface area contributed by atoms with Crippen LogP contribution in [0.25, 0.3) is 11.1 Å². The van der Waals surface area contributed by atoms with Gasteiger partial charge in [-0.25, -0.2) is 13.8 Å². The minimum absolute atomic E-state index is 0.0338. The Labute approximate surface area is 142 Å². The van der Waals surface area contributed by atoms with E-state index in [0.717, 1.165) is 10.5 Å². The van der Waals surface area contributed by atoms with Crippen molar-refractivity contribution in [3.63, 3.8) is 0 Å². The minimum atomic E-state index is -0.619. The fourth-order valence-electron chi connectivity index (χ4n) is 2.98. The zero-order valence-corrected chi connectivity index (χ0v) is 13.4. The Morgan fingerprint density at radius 2 is 1.96 bits per heavy atom. The molecule has 2 aromatic carbocycles. The number of benzene rings is 2. The van der Waals surface area contributed by atoms with Gasteiger partial charge >= 0.3 is 0 Å². The standard InChI is InChI=1S/C18H14F2N2OS/c19-13-2-1-3-14(20)17(13)11-4-5-12-15(8-11)24-16(18(12)23)9-22-7-6-21-10-22/h1-8,10,16,18,23H,9H2/t16-,18-/m0/s1. The summed E-state index contributed by atoms with van der Waals surface area (Å²) in [5, 5.41) is 10.4. The van der Waals surface area contributed by atoms with Gasteiger partial charge in [0, 0.05) is 23.8 Å². The van der Waals surface area contributed by atoms with Crippen LogP contribution in [0.5, 0.6) is 0 Å². The lowest BCUT2D eigenvalue weighted by Gasteiger charge is -2.14. The van der Waals surface area contributed by atoms with Gasteiger partial charge in [0.05, 0.1) is 23.2 Å². The summed E-state index contributed by atoms with van der Waals surface area (Å²) in [4.78, 5) is 4.85. The maximum atomic E-state index is 14.0. The summed E-state index contributed by atoms with van der Waals surface area (Å²) in [6.07, 6.45) is 4.62. The van der Waals surface area contributed by atoms with Crippen molar-refractivity contribution in [2.24, 2.45) is 0 Å². The van der Waals surface area contributed by atoms with Crippen LogP contribution >= 0.6 is 11.8 Å². The highest BCUT2D eigenvalue weighted by Crippen LogP contribution is 2.46. The number of rotatable bonds is 3. The Kier molecular flexibility index (Phi) is 3.86. The molecule has 122 valence electrons. The van der Waals surface area contributed by atoms with Crippen LogP contribution < -0.4 is 0 Å². The van der Waals surface area contributed by atoms with Gasteiger partial charge in [0.15, 0.2) is 0 Å². The summed E-state index contributed by atoms with van der Waals surface area (Å²) in [5.74, 6) is -1.18. The van der Waals surface area contributed by atoms with Crippen molar-refractivity contribution < 1.29 is 13.9 Å². The van der Waals surface area contributed by atoms with Crippen molar-refractivity contribution in [3.8, 4) is 11.1 Å². The first-order valence-electron chi connectivity index (χ1n) is 7.52. The average Bonchev–Trinajstić information content (AvgIpc) is 3.16. The van der Waals surface area contributed by atoms with Gasteiger partial charge in [0.2, 0.25) is 0 Å². The number of hydrogen-bond acceptors (Lipinski definition) is 3. The number of aliphatic hydroxyl groups is 1. The first kappa shape index (κ1) is 15.4. The van der Waals surface area contributed by atoms with Crippen LogP contribution in [-0.2, 0) is 6.54 Å². The lowest BCUT2D eigenvalue weighted by Crippen LogP contribution is -2.16. The smallest absolute Gasteiger partial charge is 0.133 e. The van der Waals surface area contributed by atoms with Gasteiger partial charge in [-0.15, -0.1) is 11.8 Å². The SMILES string of the molecule is O[C@H]1c2ccc(-c3c(F)cccc3F)cc2S[C@H]1Cn1ccnc1. The Morgan fingerprint density at radius 1 is 1.17 bits per heavy atom. The van der Waals surface area contributed by atoms with Crippen molar-refractivity contribution >= 4 is 11.8 Å². The summed E-state index contributed by atoms with van der Waals surface area (Å²) < 4.78 is 29.9. The van der Waals surface area contributed by atoms with Crippen molar-refractivity contribution in [3.05, 3.63) is 72.3 Å².